The molecule has 0 aliphatic carbocycles. The van der Waals surface area contributed by atoms with Crippen molar-refractivity contribution < 1.29 is 63.0 Å². The zero-order chi connectivity index (χ0) is 62.7. The first-order valence-corrected chi connectivity index (χ1v) is 28.0. The Morgan fingerprint density at radius 1 is 0.619 bits per heavy atom. The summed E-state index contributed by atoms with van der Waals surface area (Å²) in [4.78, 5) is 153. The first kappa shape index (κ1) is 70.7. The van der Waals surface area contributed by atoms with E-state index in [2.05, 4.69) is 63.8 Å². The van der Waals surface area contributed by atoms with E-state index in [9.17, 15) is 63.0 Å². The number of benzene rings is 2. The largest absolute Gasteiger partial charge is 0.391 e. The zero-order valence-electron chi connectivity index (χ0n) is 47.6. The Morgan fingerprint density at radius 2 is 1.11 bits per heavy atom. The second-order valence-corrected chi connectivity index (χ2v) is 21.1. The molecule has 0 bridgehead atoms. The van der Waals surface area contributed by atoms with Crippen LogP contribution >= 0.6 is 11.6 Å². The van der Waals surface area contributed by atoms with Gasteiger partial charge in [-0.2, -0.15) is 0 Å². The van der Waals surface area contributed by atoms with Crippen LogP contribution in [0.4, 0.5) is 10.5 Å². The number of halogens is 1. The van der Waals surface area contributed by atoms with Gasteiger partial charge in [0, 0.05) is 23.7 Å². The molecule has 1 aliphatic heterocycles. The van der Waals surface area contributed by atoms with Gasteiger partial charge in [-0.1, -0.05) is 55.8 Å². The minimum absolute atomic E-state index is 0.0318. The van der Waals surface area contributed by atoms with Crippen LogP contribution in [0.3, 0.4) is 0 Å². The number of nitrogens with one attached hydrogen (secondary N) is 12. The normalized spacial score (nSPS) is 23.0. The molecule has 31 heteroatoms. The molecule has 1 fully saturated rings. The van der Waals surface area contributed by atoms with Gasteiger partial charge in [0.1, 0.15) is 54.4 Å². The van der Waals surface area contributed by atoms with Gasteiger partial charge in [0.05, 0.1) is 6.10 Å². The van der Waals surface area contributed by atoms with Crippen molar-refractivity contribution in [2.45, 2.75) is 145 Å². The third kappa shape index (κ3) is 23.6. The molecule has 0 spiro atoms. The highest BCUT2D eigenvalue weighted by molar-refractivity contribution is 6.30. The molecule has 11 atom stereocenters. The van der Waals surface area contributed by atoms with Crippen molar-refractivity contribution in [3.8, 4) is 0 Å². The molecule has 0 radical (unpaired) electrons. The molecule has 0 unspecified atom stereocenters. The van der Waals surface area contributed by atoms with Crippen LogP contribution in [0.15, 0.2) is 54.6 Å². The fraction of sp³-hybridized carbons (Fsp3) is 0.566. The summed E-state index contributed by atoms with van der Waals surface area (Å²) in [5, 5.41) is 52.2. The Bertz CT molecular complexity index is 2550. The van der Waals surface area contributed by atoms with E-state index in [1.165, 1.54) is 31.2 Å². The molecule has 1 heterocycles. The van der Waals surface area contributed by atoms with Crippen LogP contribution in [-0.2, 0) is 54.4 Å². The van der Waals surface area contributed by atoms with Crippen LogP contribution in [0.5, 0.6) is 0 Å². The molecule has 3 rings (SSSR count). The van der Waals surface area contributed by atoms with Crippen molar-refractivity contribution in [1.82, 2.24) is 58.5 Å². The number of rotatable bonds is 23. The molecule has 1 aliphatic rings. The maximum absolute atomic E-state index is 14.5. The molecule has 1 saturated heterocycles. The van der Waals surface area contributed by atoms with Gasteiger partial charge < -0.3 is 103 Å². The Balaban J connectivity index is 2.06. The van der Waals surface area contributed by atoms with Crippen LogP contribution in [0, 0.1) is 5.92 Å². The van der Waals surface area contributed by atoms with E-state index in [0.29, 0.717) is 16.3 Å². The lowest BCUT2D eigenvalue weighted by molar-refractivity contribution is -0.148. The topological polar surface area (TPSA) is 503 Å². The van der Waals surface area contributed by atoms with Crippen LogP contribution in [0.2, 0.25) is 5.02 Å². The summed E-state index contributed by atoms with van der Waals surface area (Å²) < 4.78 is 0. The van der Waals surface area contributed by atoms with Crippen molar-refractivity contribution in [1.29, 1.82) is 0 Å². The van der Waals surface area contributed by atoms with E-state index in [0.717, 1.165) is 6.92 Å². The first-order chi connectivity index (χ1) is 39.8. The molecule has 2 aromatic carbocycles. The minimum atomic E-state index is -2.71. The van der Waals surface area contributed by atoms with E-state index in [-0.39, 0.29) is 83.6 Å². The van der Waals surface area contributed by atoms with Gasteiger partial charge >= 0.3 is 6.03 Å². The lowest BCUT2D eigenvalue weighted by atomic mass is 10.00. The maximum Gasteiger partial charge on any atom is 0.319 e. The maximum atomic E-state index is 14.5. The van der Waals surface area contributed by atoms with E-state index in [4.69, 9.17) is 40.3 Å². The van der Waals surface area contributed by atoms with Gasteiger partial charge in [0.15, 0.2) is 0 Å². The first-order valence-electron chi connectivity index (χ1n) is 27.6. The smallest absolute Gasteiger partial charge is 0.319 e. The van der Waals surface area contributed by atoms with Crippen LogP contribution in [-0.4, -0.2) is 181 Å². The van der Waals surface area contributed by atoms with Crippen LogP contribution in [0.1, 0.15) is 78.2 Å². The summed E-state index contributed by atoms with van der Waals surface area (Å²) in [5.41, 5.74) is 27.4. The number of hydrogen-bond acceptors (Lipinski definition) is 18. The molecule has 2 aromatic rings. The fourth-order valence-corrected chi connectivity index (χ4v) is 8.63. The highest BCUT2D eigenvalue weighted by atomic mass is 35.5. The highest BCUT2D eigenvalue weighted by Crippen LogP contribution is 2.15. The van der Waals surface area contributed by atoms with Crippen LogP contribution in [0.25, 0.3) is 0 Å². The molecular weight excluding hydrogens is 1120 g/mol. The van der Waals surface area contributed by atoms with Crippen molar-refractivity contribution in [2.75, 3.05) is 44.6 Å². The van der Waals surface area contributed by atoms with Crippen molar-refractivity contribution in [3.63, 3.8) is 0 Å². The summed E-state index contributed by atoms with van der Waals surface area (Å²) in [6.45, 7) is 4.20. The molecule has 30 nitrogen and oxygen atoms in total. The predicted molar refractivity (Wildman–Crippen MR) is 309 cm³/mol. The number of urea groups is 1. The molecule has 466 valence electrons. The van der Waals surface area contributed by atoms with Gasteiger partial charge in [-0.3, -0.25) is 47.9 Å². The van der Waals surface area contributed by atoms with Gasteiger partial charge in [-0.25, -0.2) is 4.79 Å². The number of aliphatic hydroxyl groups excluding tert-OH is 1. The Hall–Kier alpha value is -7.58. The SMILES string of the molecule is CC(C)C[C@@H]1NC(=O)[C@@H](Cc2ccccc2)NC(=O)[C@H](CCN)NC(=O)[C@@H](NC(=O)[C@H](CCN)NC(=O)[C@@H](NC(=O)[C@H](CCN)NC(=O)Nc2ccc(Cl)cc2)[C@@H](C)O)CCNC(=O)[C@](C)(O)NC(=O)[C@H](CCN)NC(=O)[C@H](CCN)NC1=O. The number of carbonyl (C=O) groups is 11. The van der Waals surface area contributed by atoms with Gasteiger partial charge in [0.2, 0.25) is 58.9 Å². The van der Waals surface area contributed by atoms with Crippen molar-refractivity contribution in [2.24, 2.45) is 34.6 Å². The summed E-state index contributed by atoms with van der Waals surface area (Å²) in [5.74, 6) is -10.2. The Kier molecular flexibility index (Phi) is 29.9. The number of carbonyl (C=O) groups excluding carboxylic acids is 11. The average molecular weight is 1200 g/mol. The summed E-state index contributed by atoms with van der Waals surface area (Å²) in [7, 11) is 0. The van der Waals surface area contributed by atoms with Gasteiger partial charge in [-0.15, -0.1) is 0 Å². The molecular formula is C53H84ClN17O13. The summed E-state index contributed by atoms with van der Waals surface area (Å²) >= 11 is 5.93. The lowest BCUT2D eigenvalue weighted by Gasteiger charge is -2.29. The van der Waals surface area contributed by atoms with E-state index >= 15 is 0 Å². The zero-order valence-corrected chi connectivity index (χ0v) is 48.4. The van der Waals surface area contributed by atoms with E-state index < -0.39 is 144 Å². The fourth-order valence-electron chi connectivity index (χ4n) is 8.51. The Labute approximate surface area is 491 Å². The minimum Gasteiger partial charge on any atom is -0.391 e. The summed E-state index contributed by atoms with van der Waals surface area (Å²) in [6, 6.07) is 0.185. The average Bonchev–Trinajstić information content (AvgIpc) is 3.65. The number of aliphatic hydroxyl groups is 2. The Morgan fingerprint density at radius 3 is 1.63 bits per heavy atom. The highest BCUT2D eigenvalue weighted by Gasteiger charge is 2.39. The van der Waals surface area contributed by atoms with Crippen LogP contribution < -0.4 is 92.5 Å². The third-order valence-corrected chi connectivity index (χ3v) is 13.3. The standard InChI is InChI=1S/C53H84ClN17O13/c1-28(2)26-39-47(78)63-33(14-20-55)42(73)64-37(18-24-59)49(80)71-53(4,84)51(82)60-25-19-38(45(76)62-34(15-21-56)44(75)68-40(48(79)67-39)27-30-8-6-5-7-9-30)65-43(74)35(16-22-57)66-50(81)41(29(3)72)70-46(77)36(17-23-58)69-52(83)61-32-12-10-31(54)11-13-32/h5-13,28-29,33-41,72,84H,14-27,55-59H2,1-4H3,(H,60,82)(H,62,76)(H,63,78)(H,64,73)(H,65,74)(H,66,81)(H,67,79)(H,68,75)(H,70,77)(H,71,80)(H2,61,69,83)/t29-,33+,34+,35+,36+,37+,38+,39+,40-,41+,53+/m1/s1. The van der Waals surface area contributed by atoms with Crippen molar-refractivity contribution >= 4 is 82.4 Å². The number of amides is 12. The van der Waals surface area contributed by atoms with E-state index in [1.54, 1.807) is 44.2 Å². The van der Waals surface area contributed by atoms with Gasteiger partial charge in [0.25, 0.3) is 5.91 Å². The number of hydrogen-bond donors (Lipinski definition) is 19. The number of nitrogens with two attached hydrogens (primary N) is 5. The third-order valence-electron chi connectivity index (χ3n) is 13.0. The lowest BCUT2D eigenvalue weighted by Crippen LogP contribution is -2.63. The molecule has 84 heavy (non-hydrogen) atoms. The molecule has 12 amide bonds. The molecule has 0 saturated carbocycles. The second kappa shape index (κ2) is 35.5. The van der Waals surface area contributed by atoms with E-state index in [1.807, 2.05) is 0 Å². The summed E-state index contributed by atoms with van der Waals surface area (Å²) in [6.07, 6.45) is -3.29. The second-order valence-electron chi connectivity index (χ2n) is 20.6. The quantitative estimate of drug-likeness (QED) is 0.0493. The van der Waals surface area contributed by atoms with Gasteiger partial charge in [-0.05, 0) is 127 Å². The van der Waals surface area contributed by atoms with Crippen molar-refractivity contribution in [3.05, 3.63) is 65.2 Å². The molecule has 0 aromatic heterocycles. The molecule has 24 N–H and O–H groups in total. The predicted octanol–water partition coefficient (Wildman–Crippen LogP) is -5.53. The number of anilines is 1. The monoisotopic (exact) mass is 1200 g/mol.